The van der Waals surface area contributed by atoms with Crippen molar-refractivity contribution in [3.05, 3.63) is 65.7 Å². The van der Waals surface area contributed by atoms with Crippen LogP contribution >= 0.6 is 11.8 Å². The average molecular weight is 435 g/mol. The molecule has 0 bridgehead atoms. The Hall–Kier alpha value is -3.39. The van der Waals surface area contributed by atoms with Gasteiger partial charge in [0.2, 0.25) is 5.17 Å². The van der Waals surface area contributed by atoms with Gasteiger partial charge in [-0.3, -0.25) is 10.2 Å². The van der Waals surface area contributed by atoms with Crippen LogP contribution in [0, 0.1) is 5.41 Å². The van der Waals surface area contributed by atoms with Gasteiger partial charge in [0.1, 0.15) is 29.8 Å². The molecule has 1 amide bonds. The third-order valence-electron chi connectivity index (χ3n) is 4.49. The van der Waals surface area contributed by atoms with Gasteiger partial charge >= 0.3 is 0 Å². The molecule has 7 nitrogen and oxygen atoms in total. The number of carbonyl (C=O) groups is 1. The van der Waals surface area contributed by atoms with Gasteiger partial charge in [-0.2, -0.15) is 15.1 Å². The van der Waals surface area contributed by atoms with Gasteiger partial charge in [0.05, 0.1) is 5.57 Å². The number of nitrogens with one attached hydrogen (secondary N) is 1. The molecule has 4 rings (SSSR count). The number of hydrazone groups is 1. The standard InChI is InChI=1S/C23H22N4O3S/c1-2-7-20-26-27-21(24)19(22(28)25-23(27)31-20)15-16-8-6-11-18(14-16)30-13-12-29-17-9-4-3-5-10-17/h3-6,8-11,14-15,24H,2,7,12-13H2,1H3/b19-15-,24-21?. The van der Waals surface area contributed by atoms with E-state index in [-0.39, 0.29) is 11.4 Å². The molecule has 0 spiro atoms. The number of ether oxygens (including phenoxy) is 2. The average Bonchev–Trinajstić information content (AvgIpc) is 3.18. The first kappa shape index (κ1) is 20.9. The summed E-state index contributed by atoms with van der Waals surface area (Å²) in [5, 5.41) is 15.6. The number of amides is 1. The van der Waals surface area contributed by atoms with Crippen molar-refractivity contribution in [3.63, 3.8) is 0 Å². The van der Waals surface area contributed by atoms with Gasteiger partial charge in [-0.1, -0.05) is 37.3 Å². The molecule has 0 radical (unpaired) electrons. The van der Waals surface area contributed by atoms with E-state index in [2.05, 4.69) is 17.0 Å². The molecule has 0 fully saturated rings. The van der Waals surface area contributed by atoms with Gasteiger partial charge < -0.3 is 9.47 Å². The highest BCUT2D eigenvalue weighted by molar-refractivity contribution is 8.26. The molecule has 1 N–H and O–H groups in total. The molecule has 0 atom stereocenters. The number of thioether (sulfide) groups is 1. The normalized spacial score (nSPS) is 16.8. The summed E-state index contributed by atoms with van der Waals surface area (Å²) in [6.45, 7) is 2.87. The molecular weight excluding hydrogens is 412 g/mol. The zero-order valence-corrected chi connectivity index (χ0v) is 17.9. The minimum absolute atomic E-state index is 0.0381. The predicted octanol–water partition coefficient (Wildman–Crippen LogP) is 4.56. The molecule has 31 heavy (non-hydrogen) atoms. The van der Waals surface area contributed by atoms with Crippen LogP contribution in [-0.4, -0.2) is 40.2 Å². The number of amidine groups is 2. The molecule has 0 saturated heterocycles. The lowest BCUT2D eigenvalue weighted by molar-refractivity contribution is -0.114. The van der Waals surface area contributed by atoms with Crippen LogP contribution in [0.2, 0.25) is 0 Å². The summed E-state index contributed by atoms with van der Waals surface area (Å²) in [6, 6.07) is 16.9. The van der Waals surface area contributed by atoms with Crippen molar-refractivity contribution in [2.45, 2.75) is 19.8 Å². The van der Waals surface area contributed by atoms with Crippen LogP contribution in [-0.2, 0) is 4.79 Å². The highest BCUT2D eigenvalue weighted by Crippen LogP contribution is 2.30. The Morgan fingerprint density at radius 3 is 2.58 bits per heavy atom. The van der Waals surface area contributed by atoms with E-state index < -0.39 is 5.91 Å². The zero-order valence-electron chi connectivity index (χ0n) is 17.1. The first-order valence-electron chi connectivity index (χ1n) is 10.0. The zero-order chi connectivity index (χ0) is 21.6. The molecule has 0 saturated carbocycles. The van der Waals surface area contributed by atoms with Crippen molar-refractivity contribution in [1.29, 1.82) is 5.41 Å². The number of benzene rings is 2. The van der Waals surface area contributed by atoms with Crippen LogP contribution in [0.3, 0.4) is 0 Å². The Morgan fingerprint density at radius 2 is 1.81 bits per heavy atom. The summed E-state index contributed by atoms with van der Waals surface area (Å²) in [6.07, 6.45) is 3.39. The van der Waals surface area contributed by atoms with Crippen LogP contribution < -0.4 is 9.47 Å². The van der Waals surface area contributed by atoms with Crippen molar-refractivity contribution in [1.82, 2.24) is 5.01 Å². The Kier molecular flexibility index (Phi) is 6.47. The molecule has 0 aromatic heterocycles. The third kappa shape index (κ3) is 5.03. The van der Waals surface area contributed by atoms with Gasteiger partial charge in [0, 0.05) is 0 Å². The topological polar surface area (TPSA) is 87.3 Å². The smallest absolute Gasteiger partial charge is 0.283 e. The van der Waals surface area contributed by atoms with Gasteiger partial charge in [-0.05, 0) is 60.5 Å². The van der Waals surface area contributed by atoms with Gasteiger partial charge in [0.25, 0.3) is 5.91 Å². The van der Waals surface area contributed by atoms with Crippen molar-refractivity contribution in [2.24, 2.45) is 10.1 Å². The lowest BCUT2D eigenvalue weighted by Gasteiger charge is -2.20. The number of fused-ring (bicyclic) bond motifs is 1. The van der Waals surface area contributed by atoms with Crippen LogP contribution in [0.25, 0.3) is 6.08 Å². The maximum absolute atomic E-state index is 12.5. The third-order valence-corrected chi connectivity index (χ3v) is 5.46. The lowest BCUT2D eigenvalue weighted by Crippen LogP contribution is -2.35. The monoisotopic (exact) mass is 434 g/mol. The summed E-state index contributed by atoms with van der Waals surface area (Å²) >= 11 is 1.35. The van der Waals surface area contributed by atoms with E-state index in [0.717, 1.165) is 29.2 Å². The SMILES string of the molecule is CCCC1=NN2C(=N)/C(=C/c3cccc(OCCOc4ccccc4)c3)C(=O)N=C2S1. The molecule has 158 valence electrons. The highest BCUT2D eigenvalue weighted by Gasteiger charge is 2.35. The van der Waals surface area contributed by atoms with Crippen molar-refractivity contribution < 1.29 is 14.3 Å². The second-order valence-electron chi connectivity index (χ2n) is 6.85. The number of aliphatic imine (C=N–C) groups is 1. The fourth-order valence-electron chi connectivity index (χ4n) is 3.04. The molecule has 0 unspecified atom stereocenters. The Labute approximate surface area is 185 Å². The van der Waals surface area contributed by atoms with E-state index >= 15 is 0 Å². The maximum Gasteiger partial charge on any atom is 0.283 e. The summed E-state index contributed by atoms with van der Waals surface area (Å²) < 4.78 is 11.4. The molecule has 2 aliphatic heterocycles. The quantitative estimate of drug-likeness (QED) is 0.486. The van der Waals surface area contributed by atoms with Gasteiger partial charge in [-0.15, -0.1) is 0 Å². The highest BCUT2D eigenvalue weighted by atomic mass is 32.2. The van der Waals surface area contributed by atoms with Crippen molar-refractivity contribution in [2.75, 3.05) is 13.2 Å². The second kappa shape index (κ2) is 9.61. The first-order chi connectivity index (χ1) is 15.1. The Bertz CT molecular complexity index is 1080. The summed E-state index contributed by atoms with van der Waals surface area (Å²) in [5.74, 6) is 1.06. The van der Waals surface area contributed by atoms with E-state index in [4.69, 9.17) is 14.9 Å². The number of hydrogen-bond donors (Lipinski definition) is 1. The molecule has 2 heterocycles. The maximum atomic E-state index is 12.5. The minimum atomic E-state index is -0.431. The lowest BCUT2D eigenvalue weighted by atomic mass is 10.1. The fraction of sp³-hybridized carbons (Fsp3) is 0.217. The summed E-state index contributed by atoms with van der Waals surface area (Å²) in [7, 11) is 0. The number of nitrogens with zero attached hydrogens (tertiary/aromatic N) is 3. The Morgan fingerprint density at radius 1 is 1.06 bits per heavy atom. The van der Waals surface area contributed by atoms with Crippen molar-refractivity contribution in [3.8, 4) is 11.5 Å². The number of hydrogen-bond acceptors (Lipinski definition) is 6. The molecule has 2 aromatic carbocycles. The second-order valence-corrected chi connectivity index (χ2v) is 7.89. The fourth-order valence-corrected chi connectivity index (χ4v) is 4.03. The summed E-state index contributed by atoms with van der Waals surface area (Å²) in [5.41, 5.74) is 0.952. The molecule has 0 aliphatic carbocycles. The molecular formula is C23H22N4O3S. The van der Waals surface area contributed by atoms with E-state index in [1.54, 1.807) is 6.08 Å². The molecule has 2 aromatic rings. The minimum Gasteiger partial charge on any atom is -0.490 e. The van der Waals surface area contributed by atoms with Crippen molar-refractivity contribution >= 4 is 39.8 Å². The number of carbonyl (C=O) groups excluding carboxylic acids is 1. The molecule has 2 aliphatic rings. The van der Waals surface area contributed by atoms with Crippen LogP contribution in [0.5, 0.6) is 11.5 Å². The van der Waals surface area contributed by atoms with E-state index in [1.807, 2.05) is 54.6 Å². The number of rotatable bonds is 8. The first-order valence-corrected chi connectivity index (χ1v) is 10.9. The molecule has 8 heteroatoms. The van der Waals surface area contributed by atoms with Crippen LogP contribution in [0.15, 0.2) is 70.3 Å². The summed E-state index contributed by atoms with van der Waals surface area (Å²) in [4.78, 5) is 16.6. The van der Waals surface area contributed by atoms with Crippen LogP contribution in [0.4, 0.5) is 0 Å². The van der Waals surface area contributed by atoms with Crippen LogP contribution in [0.1, 0.15) is 25.3 Å². The number of para-hydroxylation sites is 1. The van der Waals surface area contributed by atoms with E-state index in [0.29, 0.717) is 24.1 Å². The van der Waals surface area contributed by atoms with E-state index in [1.165, 1.54) is 16.8 Å². The van der Waals surface area contributed by atoms with Gasteiger partial charge in [-0.25, -0.2) is 0 Å². The Balaban J connectivity index is 1.42. The predicted molar refractivity (Wildman–Crippen MR) is 124 cm³/mol. The largest absolute Gasteiger partial charge is 0.490 e. The van der Waals surface area contributed by atoms with E-state index in [9.17, 15) is 4.79 Å². The van der Waals surface area contributed by atoms with Gasteiger partial charge in [0.15, 0.2) is 5.84 Å².